The van der Waals surface area contributed by atoms with Crippen LogP contribution in [0.3, 0.4) is 0 Å². The average molecular weight is 296 g/mol. The van der Waals surface area contributed by atoms with Gasteiger partial charge in [-0.15, -0.1) is 10.2 Å². The first-order valence-electron chi connectivity index (χ1n) is 6.12. The molecule has 0 amide bonds. The van der Waals surface area contributed by atoms with Crippen LogP contribution in [0, 0.1) is 0 Å². The van der Waals surface area contributed by atoms with Crippen LogP contribution >= 0.6 is 0 Å². The van der Waals surface area contributed by atoms with Gasteiger partial charge in [0.25, 0.3) is 0 Å². The van der Waals surface area contributed by atoms with Crippen molar-refractivity contribution in [2.75, 3.05) is 11.9 Å². The van der Waals surface area contributed by atoms with Gasteiger partial charge in [-0.2, -0.15) is 5.21 Å². The molecule has 8 nitrogen and oxygen atoms in total. The molecule has 0 saturated heterocycles. The molecule has 1 atom stereocenters. The number of aromatic amines is 1. The summed E-state index contributed by atoms with van der Waals surface area (Å²) in [5, 5.41) is 16.3. The quantitative estimate of drug-likeness (QED) is 0.722. The molecule has 0 saturated carbocycles. The lowest BCUT2D eigenvalue weighted by molar-refractivity contribution is 0.560. The minimum absolute atomic E-state index is 0.189. The van der Waals surface area contributed by atoms with Crippen LogP contribution in [0.1, 0.15) is 25.7 Å². The van der Waals surface area contributed by atoms with Crippen LogP contribution in [-0.4, -0.2) is 35.6 Å². The number of nitrogens with zero attached hydrogens (tertiary/aromatic N) is 3. The SMILES string of the molecule is CCNc1ccc(S(=O)(=O)NC(C)c2nn[nH]n2)cc1. The van der Waals surface area contributed by atoms with E-state index in [0.717, 1.165) is 12.2 Å². The zero-order valence-electron chi connectivity index (χ0n) is 11.2. The number of rotatable bonds is 6. The maximum Gasteiger partial charge on any atom is 0.241 e. The van der Waals surface area contributed by atoms with Crippen molar-refractivity contribution in [2.45, 2.75) is 24.8 Å². The third kappa shape index (κ3) is 3.31. The summed E-state index contributed by atoms with van der Waals surface area (Å²) in [6.45, 7) is 4.40. The molecule has 0 aliphatic rings. The largest absolute Gasteiger partial charge is 0.385 e. The monoisotopic (exact) mass is 296 g/mol. The number of tetrazole rings is 1. The van der Waals surface area contributed by atoms with Crippen molar-refractivity contribution in [1.82, 2.24) is 25.3 Å². The van der Waals surface area contributed by atoms with Gasteiger partial charge in [-0.05, 0) is 38.1 Å². The summed E-state index contributed by atoms with van der Waals surface area (Å²) in [5.41, 5.74) is 0.873. The maximum absolute atomic E-state index is 12.2. The molecular formula is C11H16N6O2S. The minimum Gasteiger partial charge on any atom is -0.385 e. The molecule has 3 N–H and O–H groups in total. The van der Waals surface area contributed by atoms with Crippen molar-refractivity contribution in [3.05, 3.63) is 30.1 Å². The summed E-state index contributed by atoms with van der Waals surface area (Å²) in [4.78, 5) is 0.189. The molecule has 2 aromatic rings. The summed E-state index contributed by atoms with van der Waals surface area (Å²) >= 11 is 0. The van der Waals surface area contributed by atoms with E-state index in [1.54, 1.807) is 31.2 Å². The van der Waals surface area contributed by atoms with Gasteiger partial charge in [-0.25, -0.2) is 13.1 Å². The molecule has 0 bridgehead atoms. The zero-order valence-corrected chi connectivity index (χ0v) is 12.0. The van der Waals surface area contributed by atoms with E-state index in [0.29, 0.717) is 0 Å². The van der Waals surface area contributed by atoms with Crippen molar-refractivity contribution in [2.24, 2.45) is 0 Å². The minimum atomic E-state index is -3.62. The third-order valence-corrected chi connectivity index (χ3v) is 4.18. The van der Waals surface area contributed by atoms with Gasteiger partial charge < -0.3 is 5.32 Å². The highest BCUT2D eigenvalue weighted by molar-refractivity contribution is 7.89. The fourth-order valence-electron chi connectivity index (χ4n) is 1.66. The second kappa shape index (κ2) is 5.97. The second-order valence-corrected chi connectivity index (χ2v) is 5.88. The van der Waals surface area contributed by atoms with Crippen LogP contribution in [0.25, 0.3) is 0 Å². The summed E-state index contributed by atoms with van der Waals surface area (Å²) in [6.07, 6.45) is 0. The molecule has 0 fully saturated rings. The first kappa shape index (κ1) is 14.4. The molecule has 1 aromatic heterocycles. The second-order valence-electron chi connectivity index (χ2n) is 4.17. The molecule has 1 unspecified atom stereocenters. The Bertz CT molecular complexity index is 638. The Morgan fingerprint density at radius 3 is 2.55 bits per heavy atom. The molecular weight excluding hydrogens is 280 g/mol. The first-order chi connectivity index (χ1) is 9.53. The van der Waals surface area contributed by atoms with E-state index in [1.807, 2.05) is 6.92 Å². The van der Waals surface area contributed by atoms with Gasteiger partial charge in [0.1, 0.15) is 0 Å². The van der Waals surface area contributed by atoms with E-state index < -0.39 is 16.1 Å². The van der Waals surface area contributed by atoms with Crippen molar-refractivity contribution >= 4 is 15.7 Å². The van der Waals surface area contributed by atoms with Crippen LogP contribution in [0.5, 0.6) is 0 Å². The van der Waals surface area contributed by atoms with Gasteiger partial charge in [0.05, 0.1) is 10.9 Å². The topological polar surface area (TPSA) is 113 Å². The highest BCUT2D eigenvalue weighted by Crippen LogP contribution is 2.16. The van der Waals surface area contributed by atoms with Crippen LogP contribution in [0.15, 0.2) is 29.2 Å². The van der Waals surface area contributed by atoms with E-state index in [4.69, 9.17) is 0 Å². The van der Waals surface area contributed by atoms with Gasteiger partial charge in [-0.3, -0.25) is 0 Å². The summed E-state index contributed by atoms with van der Waals surface area (Å²) in [7, 11) is -3.62. The number of nitrogens with one attached hydrogen (secondary N) is 3. The van der Waals surface area contributed by atoms with Crippen LogP contribution < -0.4 is 10.0 Å². The highest BCUT2D eigenvalue weighted by atomic mass is 32.2. The Kier molecular flexibility index (Phi) is 4.30. The predicted molar refractivity (Wildman–Crippen MR) is 73.5 cm³/mol. The number of H-pyrrole nitrogens is 1. The van der Waals surface area contributed by atoms with Gasteiger partial charge in [0.2, 0.25) is 10.0 Å². The van der Waals surface area contributed by atoms with Crippen molar-refractivity contribution in [3.8, 4) is 0 Å². The standard InChI is InChI=1S/C11H16N6O2S/c1-3-12-9-4-6-10(7-5-9)20(18,19)15-8(2)11-13-16-17-14-11/h4-8,12,15H,3H2,1-2H3,(H,13,14,16,17). The number of anilines is 1. The Hall–Kier alpha value is -2.00. The van der Waals surface area contributed by atoms with Crippen molar-refractivity contribution in [1.29, 1.82) is 0 Å². The molecule has 0 aliphatic carbocycles. The van der Waals surface area contributed by atoms with E-state index in [9.17, 15) is 8.42 Å². The van der Waals surface area contributed by atoms with Gasteiger partial charge >= 0.3 is 0 Å². The lowest BCUT2D eigenvalue weighted by atomic mass is 10.3. The van der Waals surface area contributed by atoms with E-state index in [1.165, 1.54) is 0 Å². The van der Waals surface area contributed by atoms with Gasteiger partial charge in [-0.1, -0.05) is 5.21 Å². The van der Waals surface area contributed by atoms with Crippen LogP contribution in [0.4, 0.5) is 5.69 Å². The van der Waals surface area contributed by atoms with E-state index in [-0.39, 0.29) is 10.7 Å². The predicted octanol–water partition coefficient (Wildman–Crippen LogP) is 0.671. The number of hydrogen-bond donors (Lipinski definition) is 3. The highest BCUT2D eigenvalue weighted by Gasteiger charge is 2.20. The average Bonchev–Trinajstić information content (AvgIpc) is 2.93. The fraction of sp³-hybridized carbons (Fsp3) is 0.364. The Labute approximate surface area is 117 Å². The molecule has 20 heavy (non-hydrogen) atoms. The Morgan fingerprint density at radius 1 is 1.30 bits per heavy atom. The lowest BCUT2D eigenvalue weighted by Crippen LogP contribution is -2.27. The fourth-order valence-corrected chi connectivity index (χ4v) is 2.86. The molecule has 0 aliphatic heterocycles. The van der Waals surface area contributed by atoms with E-state index in [2.05, 4.69) is 30.7 Å². The molecule has 1 heterocycles. The third-order valence-electron chi connectivity index (χ3n) is 2.63. The van der Waals surface area contributed by atoms with Gasteiger partial charge in [0, 0.05) is 12.2 Å². The first-order valence-corrected chi connectivity index (χ1v) is 7.61. The number of hydrogen-bond acceptors (Lipinski definition) is 6. The Morgan fingerprint density at radius 2 is 2.00 bits per heavy atom. The number of sulfonamides is 1. The van der Waals surface area contributed by atoms with E-state index >= 15 is 0 Å². The molecule has 108 valence electrons. The number of aromatic nitrogens is 4. The smallest absolute Gasteiger partial charge is 0.241 e. The van der Waals surface area contributed by atoms with Crippen molar-refractivity contribution < 1.29 is 8.42 Å². The zero-order chi connectivity index (χ0) is 14.6. The molecule has 9 heteroatoms. The molecule has 2 rings (SSSR count). The molecule has 0 spiro atoms. The summed E-state index contributed by atoms with van der Waals surface area (Å²) < 4.78 is 26.9. The normalized spacial score (nSPS) is 13.1. The number of benzene rings is 1. The van der Waals surface area contributed by atoms with Crippen molar-refractivity contribution in [3.63, 3.8) is 0 Å². The van der Waals surface area contributed by atoms with Crippen LogP contribution in [-0.2, 0) is 10.0 Å². The molecule has 1 aromatic carbocycles. The lowest BCUT2D eigenvalue weighted by Gasteiger charge is -2.11. The van der Waals surface area contributed by atoms with Gasteiger partial charge in [0.15, 0.2) is 5.82 Å². The molecule has 0 radical (unpaired) electrons. The summed E-state index contributed by atoms with van der Waals surface area (Å²) in [5.74, 6) is 0.290. The summed E-state index contributed by atoms with van der Waals surface area (Å²) in [6, 6.07) is 5.97. The maximum atomic E-state index is 12.2. The Balaban J connectivity index is 2.13. The van der Waals surface area contributed by atoms with Crippen LogP contribution in [0.2, 0.25) is 0 Å².